The van der Waals surface area contributed by atoms with Gasteiger partial charge >= 0.3 is 0 Å². The molecule has 2 aromatic heterocycles. The van der Waals surface area contributed by atoms with E-state index in [1.54, 1.807) is 17.5 Å². The predicted octanol–water partition coefficient (Wildman–Crippen LogP) is 3.03. The summed E-state index contributed by atoms with van der Waals surface area (Å²) in [4.78, 5) is 16.4. The zero-order valence-corrected chi connectivity index (χ0v) is 14.6. The number of hydrogen-bond donors (Lipinski definition) is 0. The first-order chi connectivity index (χ1) is 11.8. The maximum Gasteiger partial charge on any atom is 0.225 e. The van der Waals surface area contributed by atoms with Crippen LogP contribution in [0.5, 0.6) is 0 Å². The van der Waals surface area contributed by atoms with Crippen molar-refractivity contribution in [1.29, 1.82) is 0 Å². The van der Waals surface area contributed by atoms with Crippen molar-refractivity contribution in [2.75, 3.05) is 13.2 Å². The molecule has 1 saturated heterocycles. The lowest BCUT2D eigenvalue weighted by Gasteiger charge is -2.37. The minimum Gasteiger partial charge on any atom is -0.373 e. The number of fused-ring (bicyclic) bond motifs is 1. The molecule has 2 aromatic rings. The van der Waals surface area contributed by atoms with Gasteiger partial charge in [-0.25, -0.2) is 0 Å². The van der Waals surface area contributed by atoms with E-state index in [4.69, 9.17) is 4.74 Å². The van der Waals surface area contributed by atoms with Gasteiger partial charge in [0.25, 0.3) is 0 Å². The molecule has 24 heavy (non-hydrogen) atoms. The standard InChI is InChI=1S/C18H23N3O2S/c22-18(12-16-15-6-11-24-17(15)5-10-23-16)21-9-2-1-4-14(21)13-20-8-3-7-19-20/h3,6-8,11,14,16H,1-2,4-5,9-10,12-13H2/t14-,16+/m1/s1. The first kappa shape index (κ1) is 15.8. The van der Waals surface area contributed by atoms with Gasteiger partial charge in [0.15, 0.2) is 0 Å². The van der Waals surface area contributed by atoms with Crippen LogP contribution >= 0.6 is 11.3 Å². The SMILES string of the molecule is O=C(C[C@@H]1OCCc2sccc21)N1CCCC[C@@H]1Cn1cccn1. The Morgan fingerprint density at radius 3 is 3.25 bits per heavy atom. The monoisotopic (exact) mass is 345 g/mol. The normalized spacial score (nSPS) is 23.9. The summed E-state index contributed by atoms with van der Waals surface area (Å²) in [5.41, 5.74) is 1.22. The Hall–Kier alpha value is -1.66. The van der Waals surface area contributed by atoms with Crippen molar-refractivity contribution in [1.82, 2.24) is 14.7 Å². The van der Waals surface area contributed by atoms with Crippen LogP contribution in [0.25, 0.3) is 0 Å². The molecular formula is C18H23N3O2S. The largest absolute Gasteiger partial charge is 0.373 e. The molecule has 0 radical (unpaired) electrons. The predicted molar refractivity (Wildman–Crippen MR) is 92.9 cm³/mol. The second-order valence-corrected chi connectivity index (χ2v) is 7.58. The minimum atomic E-state index is -0.0696. The molecule has 4 rings (SSSR count). The van der Waals surface area contributed by atoms with Crippen LogP contribution in [0.15, 0.2) is 29.9 Å². The Balaban J connectivity index is 1.44. The van der Waals surface area contributed by atoms with Crippen molar-refractivity contribution in [3.8, 4) is 0 Å². The third-order valence-electron chi connectivity index (χ3n) is 5.04. The Labute approximate surface area is 146 Å². The van der Waals surface area contributed by atoms with Crippen molar-refractivity contribution < 1.29 is 9.53 Å². The first-order valence-corrected chi connectivity index (χ1v) is 9.64. The number of carbonyl (C=O) groups is 1. The van der Waals surface area contributed by atoms with Gasteiger partial charge in [0.05, 0.1) is 31.7 Å². The van der Waals surface area contributed by atoms with Crippen molar-refractivity contribution in [3.05, 3.63) is 40.3 Å². The van der Waals surface area contributed by atoms with Crippen LogP contribution in [0.4, 0.5) is 0 Å². The molecule has 0 bridgehead atoms. The van der Waals surface area contributed by atoms with Gasteiger partial charge in [-0.3, -0.25) is 9.48 Å². The lowest BCUT2D eigenvalue weighted by Crippen LogP contribution is -2.46. The smallest absolute Gasteiger partial charge is 0.225 e. The van der Waals surface area contributed by atoms with Gasteiger partial charge in [0, 0.05) is 30.2 Å². The van der Waals surface area contributed by atoms with Crippen LogP contribution in [-0.4, -0.2) is 39.8 Å². The van der Waals surface area contributed by atoms with Crippen LogP contribution in [-0.2, 0) is 22.5 Å². The van der Waals surface area contributed by atoms with Crippen LogP contribution in [0.3, 0.4) is 0 Å². The lowest BCUT2D eigenvalue weighted by molar-refractivity contribution is -0.138. The molecule has 2 atom stereocenters. The van der Waals surface area contributed by atoms with Crippen LogP contribution in [0.2, 0.25) is 0 Å². The molecular weight excluding hydrogens is 322 g/mol. The Morgan fingerprint density at radius 2 is 2.38 bits per heavy atom. The number of amides is 1. The van der Waals surface area contributed by atoms with Gasteiger partial charge in [-0.2, -0.15) is 5.10 Å². The van der Waals surface area contributed by atoms with Gasteiger partial charge < -0.3 is 9.64 Å². The Bertz CT molecular complexity index is 682. The quantitative estimate of drug-likeness (QED) is 0.856. The number of likely N-dealkylation sites (tertiary alicyclic amines) is 1. The molecule has 0 N–H and O–H groups in total. The third kappa shape index (κ3) is 3.26. The highest BCUT2D eigenvalue weighted by atomic mass is 32.1. The number of rotatable bonds is 4. The molecule has 1 amide bonds. The average molecular weight is 345 g/mol. The summed E-state index contributed by atoms with van der Waals surface area (Å²) in [7, 11) is 0. The number of carbonyl (C=O) groups excluding carboxylic acids is 1. The van der Waals surface area contributed by atoms with Gasteiger partial charge in [-0.05, 0) is 42.3 Å². The maximum absolute atomic E-state index is 13.0. The molecule has 6 heteroatoms. The number of thiophene rings is 1. The van der Waals surface area contributed by atoms with E-state index in [1.807, 2.05) is 16.9 Å². The molecule has 2 aliphatic rings. The molecule has 2 aliphatic heterocycles. The maximum atomic E-state index is 13.0. The zero-order valence-electron chi connectivity index (χ0n) is 13.8. The molecule has 5 nitrogen and oxygen atoms in total. The zero-order chi connectivity index (χ0) is 16.4. The van der Waals surface area contributed by atoms with Crippen LogP contribution in [0.1, 0.15) is 42.2 Å². The molecule has 1 fully saturated rings. The van der Waals surface area contributed by atoms with Gasteiger partial charge in [0.1, 0.15) is 0 Å². The van der Waals surface area contributed by atoms with E-state index in [0.29, 0.717) is 6.42 Å². The molecule has 0 unspecified atom stereocenters. The number of aromatic nitrogens is 2. The summed E-state index contributed by atoms with van der Waals surface area (Å²) in [5.74, 6) is 0.218. The number of ether oxygens (including phenoxy) is 1. The molecule has 0 aliphatic carbocycles. The third-order valence-corrected chi connectivity index (χ3v) is 6.04. The van der Waals surface area contributed by atoms with E-state index in [2.05, 4.69) is 21.4 Å². The number of nitrogens with zero attached hydrogens (tertiary/aromatic N) is 3. The second kappa shape index (κ2) is 7.07. The highest BCUT2D eigenvalue weighted by molar-refractivity contribution is 7.10. The Morgan fingerprint density at radius 1 is 1.42 bits per heavy atom. The van der Waals surface area contributed by atoms with E-state index < -0.39 is 0 Å². The fourth-order valence-corrected chi connectivity index (χ4v) is 4.73. The van der Waals surface area contributed by atoms with E-state index in [-0.39, 0.29) is 18.1 Å². The van der Waals surface area contributed by atoms with Gasteiger partial charge in [-0.15, -0.1) is 11.3 Å². The fourth-order valence-electron chi connectivity index (χ4n) is 3.81. The number of piperidine rings is 1. The van der Waals surface area contributed by atoms with Gasteiger partial charge in [-0.1, -0.05) is 0 Å². The summed E-state index contributed by atoms with van der Waals surface area (Å²) in [5, 5.41) is 6.41. The van der Waals surface area contributed by atoms with Crippen molar-refractivity contribution in [2.24, 2.45) is 0 Å². The fraction of sp³-hybridized carbons (Fsp3) is 0.556. The van der Waals surface area contributed by atoms with Gasteiger partial charge in [0.2, 0.25) is 5.91 Å². The first-order valence-electron chi connectivity index (χ1n) is 8.76. The van der Waals surface area contributed by atoms with Crippen molar-refractivity contribution >= 4 is 17.2 Å². The summed E-state index contributed by atoms with van der Waals surface area (Å²) < 4.78 is 7.84. The van der Waals surface area contributed by atoms with Crippen molar-refractivity contribution in [3.63, 3.8) is 0 Å². The summed E-state index contributed by atoms with van der Waals surface area (Å²) in [6.45, 7) is 2.37. The van der Waals surface area contributed by atoms with E-state index >= 15 is 0 Å². The summed E-state index contributed by atoms with van der Waals surface area (Å²) in [6.07, 6.45) is 8.46. The lowest BCUT2D eigenvalue weighted by atomic mass is 9.99. The molecule has 0 saturated carbocycles. The summed E-state index contributed by atoms with van der Waals surface area (Å²) in [6, 6.07) is 4.30. The average Bonchev–Trinajstić information content (AvgIpc) is 3.27. The van der Waals surface area contributed by atoms with E-state index in [9.17, 15) is 4.79 Å². The van der Waals surface area contributed by atoms with E-state index in [0.717, 1.165) is 39.0 Å². The second-order valence-electron chi connectivity index (χ2n) is 6.58. The molecule has 128 valence electrons. The minimum absolute atomic E-state index is 0.0696. The molecule has 0 aromatic carbocycles. The highest BCUT2D eigenvalue weighted by Crippen LogP contribution is 2.34. The highest BCUT2D eigenvalue weighted by Gasteiger charge is 2.31. The molecule has 4 heterocycles. The topological polar surface area (TPSA) is 47.4 Å². The van der Waals surface area contributed by atoms with Crippen LogP contribution in [0, 0.1) is 0 Å². The van der Waals surface area contributed by atoms with E-state index in [1.165, 1.54) is 16.9 Å². The van der Waals surface area contributed by atoms with Crippen LogP contribution < -0.4 is 0 Å². The van der Waals surface area contributed by atoms with Crippen molar-refractivity contribution in [2.45, 2.75) is 50.8 Å². The summed E-state index contributed by atoms with van der Waals surface area (Å²) >= 11 is 1.78. The Kier molecular flexibility index (Phi) is 4.67. The molecule has 0 spiro atoms. The number of hydrogen-bond acceptors (Lipinski definition) is 4.